The summed E-state index contributed by atoms with van der Waals surface area (Å²) in [5.41, 5.74) is 3.96. The van der Waals surface area contributed by atoms with Crippen molar-refractivity contribution < 1.29 is 19.1 Å². The van der Waals surface area contributed by atoms with Crippen molar-refractivity contribution >= 4 is 29.2 Å². The van der Waals surface area contributed by atoms with Gasteiger partial charge in [0.2, 0.25) is 11.8 Å². The number of hydrogen-bond donors (Lipinski definition) is 1. The van der Waals surface area contributed by atoms with Crippen molar-refractivity contribution in [1.82, 2.24) is 0 Å². The lowest BCUT2D eigenvalue weighted by Crippen LogP contribution is -2.28. The minimum atomic E-state index is -0.444. The summed E-state index contributed by atoms with van der Waals surface area (Å²) in [5.74, 6) is -1.18. The van der Waals surface area contributed by atoms with Crippen molar-refractivity contribution in [2.45, 2.75) is 27.2 Å². The maximum absolute atomic E-state index is 12.7. The van der Waals surface area contributed by atoms with Gasteiger partial charge in [-0.2, -0.15) is 0 Å². The van der Waals surface area contributed by atoms with Gasteiger partial charge in [-0.3, -0.25) is 9.59 Å². The quantitative estimate of drug-likeness (QED) is 0.806. The van der Waals surface area contributed by atoms with Crippen LogP contribution in [0.3, 0.4) is 0 Å². The molecule has 3 rings (SSSR count). The Hall–Kier alpha value is -3.15. The van der Waals surface area contributed by atoms with Crippen LogP contribution in [-0.4, -0.2) is 30.9 Å². The van der Waals surface area contributed by atoms with Crippen LogP contribution in [0.15, 0.2) is 42.5 Å². The molecule has 0 radical (unpaired) electrons. The highest BCUT2D eigenvalue weighted by Gasteiger charge is 2.35. The van der Waals surface area contributed by atoms with E-state index in [4.69, 9.17) is 4.74 Å². The van der Waals surface area contributed by atoms with Gasteiger partial charge in [-0.15, -0.1) is 0 Å². The number of hydrogen-bond acceptors (Lipinski definition) is 4. The van der Waals surface area contributed by atoms with Crippen LogP contribution in [-0.2, 0) is 14.3 Å². The van der Waals surface area contributed by atoms with Crippen LogP contribution in [0.4, 0.5) is 11.4 Å². The number of nitrogens with zero attached hydrogens (tertiary/aromatic N) is 1. The van der Waals surface area contributed by atoms with Gasteiger partial charge in [0.25, 0.3) is 0 Å². The molecule has 1 heterocycles. The average molecular weight is 380 g/mol. The number of ether oxygens (including phenoxy) is 1. The number of aryl methyl sites for hydroxylation is 2. The zero-order valence-electron chi connectivity index (χ0n) is 16.3. The molecule has 28 heavy (non-hydrogen) atoms. The number of rotatable bonds is 5. The van der Waals surface area contributed by atoms with Crippen LogP contribution in [0.2, 0.25) is 0 Å². The van der Waals surface area contributed by atoms with Crippen molar-refractivity contribution in [3.63, 3.8) is 0 Å². The minimum absolute atomic E-state index is 0.0660. The van der Waals surface area contributed by atoms with E-state index >= 15 is 0 Å². The molecule has 0 bridgehead atoms. The highest BCUT2D eigenvalue weighted by atomic mass is 16.5. The first-order valence-corrected chi connectivity index (χ1v) is 9.34. The fourth-order valence-electron chi connectivity index (χ4n) is 3.21. The average Bonchev–Trinajstić information content (AvgIpc) is 3.06. The Balaban J connectivity index is 1.69. The van der Waals surface area contributed by atoms with Gasteiger partial charge in [0.1, 0.15) is 0 Å². The van der Waals surface area contributed by atoms with Gasteiger partial charge in [0.05, 0.1) is 18.1 Å². The molecule has 0 aromatic heterocycles. The molecule has 0 aliphatic carbocycles. The fraction of sp³-hybridized carbons (Fsp3) is 0.318. The third kappa shape index (κ3) is 4.22. The Kier molecular flexibility index (Phi) is 5.78. The first kappa shape index (κ1) is 19.6. The number of benzene rings is 2. The summed E-state index contributed by atoms with van der Waals surface area (Å²) >= 11 is 0. The van der Waals surface area contributed by atoms with E-state index in [9.17, 15) is 14.4 Å². The van der Waals surface area contributed by atoms with E-state index in [0.717, 1.165) is 16.8 Å². The van der Waals surface area contributed by atoms with Crippen LogP contribution in [0.1, 0.15) is 34.8 Å². The van der Waals surface area contributed by atoms with Crippen LogP contribution in [0.5, 0.6) is 0 Å². The predicted octanol–water partition coefficient (Wildman–Crippen LogP) is 3.47. The van der Waals surface area contributed by atoms with E-state index in [2.05, 4.69) is 5.32 Å². The molecule has 1 unspecified atom stereocenters. The van der Waals surface area contributed by atoms with Crippen LogP contribution in [0.25, 0.3) is 0 Å². The molecule has 146 valence electrons. The molecule has 1 fully saturated rings. The smallest absolute Gasteiger partial charge is 0.338 e. The van der Waals surface area contributed by atoms with E-state index < -0.39 is 11.9 Å². The zero-order chi connectivity index (χ0) is 20.3. The molecule has 2 aromatic carbocycles. The molecule has 2 aromatic rings. The van der Waals surface area contributed by atoms with E-state index in [1.165, 1.54) is 0 Å². The number of nitrogens with one attached hydrogen (secondary N) is 1. The first-order chi connectivity index (χ1) is 13.4. The molecule has 1 atom stereocenters. The number of carbonyl (C=O) groups excluding carboxylic acids is 3. The topological polar surface area (TPSA) is 75.7 Å². The Labute approximate surface area is 164 Å². The molecule has 6 heteroatoms. The van der Waals surface area contributed by atoms with Crippen molar-refractivity contribution in [2.24, 2.45) is 5.92 Å². The Morgan fingerprint density at radius 3 is 2.64 bits per heavy atom. The lowest BCUT2D eigenvalue weighted by molar-refractivity contribution is -0.122. The summed E-state index contributed by atoms with van der Waals surface area (Å²) in [6.07, 6.45) is 0.163. The second-order valence-electron chi connectivity index (χ2n) is 6.96. The standard InChI is InChI=1S/C22H24N2O4/c1-4-28-22(27)16-6-5-7-18(11-16)23-21(26)17-12-20(25)24(13-17)19-9-8-14(2)15(3)10-19/h5-11,17H,4,12-13H2,1-3H3,(H,23,26). The number of carbonyl (C=O) groups is 3. The maximum atomic E-state index is 12.7. The Bertz CT molecular complexity index is 923. The third-order valence-electron chi connectivity index (χ3n) is 4.94. The van der Waals surface area contributed by atoms with E-state index in [0.29, 0.717) is 17.8 Å². The Morgan fingerprint density at radius 1 is 1.14 bits per heavy atom. The maximum Gasteiger partial charge on any atom is 0.338 e. The summed E-state index contributed by atoms with van der Waals surface area (Å²) in [7, 11) is 0. The van der Waals surface area contributed by atoms with E-state index in [1.54, 1.807) is 36.1 Å². The molecule has 1 saturated heterocycles. The van der Waals surface area contributed by atoms with Crippen LogP contribution in [0, 0.1) is 19.8 Å². The summed E-state index contributed by atoms with van der Waals surface area (Å²) in [6, 6.07) is 12.5. The lowest BCUT2D eigenvalue weighted by atomic mass is 10.1. The SMILES string of the molecule is CCOC(=O)c1cccc(NC(=O)C2CC(=O)N(c3ccc(C)c(C)c3)C2)c1. The van der Waals surface area contributed by atoms with Crippen molar-refractivity contribution in [1.29, 1.82) is 0 Å². The normalized spacial score (nSPS) is 16.2. The van der Waals surface area contributed by atoms with Crippen molar-refractivity contribution in [3.05, 3.63) is 59.2 Å². The predicted molar refractivity (Wildman–Crippen MR) is 107 cm³/mol. The van der Waals surface area contributed by atoms with Crippen LogP contribution < -0.4 is 10.2 Å². The van der Waals surface area contributed by atoms with Gasteiger partial charge in [-0.05, 0) is 62.2 Å². The molecular weight excluding hydrogens is 356 g/mol. The molecular formula is C22H24N2O4. The molecule has 2 amide bonds. The molecule has 1 N–H and O–H groups in total. The summed E-state index contributed by atoms with van der Waals surface area (Å²) in [6.45, 7) is 6.38. The van der Waals surface area contributed by atoms with Gasteiger partial charge in [0, 0.05) is 24.3 Å². The minimum Gasteiger partial charge on any atom is -0.462 e. The van der Waals surface area contributed by atoms with Gasteiger partial charge < -0.3 is 15.0 Å². The van der Waals surface area contributed by atoms with Crippen LogP contribution >= 0.6 is 0 Å². The zero-order valence-corrected chi connectivity index (χ0v) is 16.3. The monoisotopic (exact) mass is 380 g/mol. The molecule has 0 spiro atoms. The van der Waals surface area contributed by atoms with Gasteiger partial charge >= 0.3 is 5.97 Å². The molecule has 0 saturated carbocycles. The Morgan fingerprint density at radius 2 is 1.93 bits per heavy atom. The highest BCUT2D eigenvalue weighted by Crippen LogP contribution is 2.27. The number of amides is 2. The summed E-state index contributed by atoms with van der Waals surface area (Å²) in [5, 5.41) is 2.81. The van der Waals surface area contributed by atoms with Gasteiger partial charge in [-0.1, -0.05) is 12.1 Å². The van der Waals surface area contributed by atoms with Crippen molar-refractivity contribution in [2.75, 3.05) is 23.4 Å². The summed E-state index contributed by atoms with van der Waals surface area (Å²) < 4.78 is 4.98. The molecule has 6 nitrogen and oxygen atoms in total. The second kappa shape index (κ2) is 8.25. The third-order valence-corrected chi connectivity index (χ3v) is 4.94. The first-order valence-electron chi connectivity index (χ1n) is 9.34. The number of esters is 1. The lowest BCUT2D eigenvalue weighted by Gasteiger charge is -2.18. The van der Waals surface area contributed by atoms with Gasteiger partial charge in [0.15, 0.2) is 0 Å². The molecule has 1 aliphatic heterocycles. The fourth-order valence-corrected chi connectivity index (χ4v) is 3.21. The van der Waals surface area contributed by atoms with E-state index in [1.807, 2.05) is 32.0 Å². The molecule has 1 aliphatic rings. The van der Waals surface area contributed by atoms with Crippen molar-refractivity contribution in [3.8, 4) is 0 Å². The van der Waals surface area contributed by atoms with E-state index in [-0.39, 0.29) is 24.8 Å². The second-order valence-corrected chi connectivity index (χ2v) is 6.96. The largest absolute Gasteiger partial charge is 0.462 e. The van der Waals surface area contributed by atoms with Gasteiger partial charge in [-0.25, -0.2) is 4.79 Å². The highest BCUT2D eigenvalue weighted by molar-refractivity contribution is 6.04. The summed E-state index contributed by atoms with van der Waals surface area (Å²) in [4.78, 5) is 38.6. The number of anilines is 2.